The van der Waals surface area contributed by atoms with Crippen LogP contribution in [0.2, 0.25) is 5.02 Å². The van der Waals surface area contributed by atoms with Gasteiger partial charge in [0.2, 0.25) is 5.95 Å². The van der Waals surface area contributed by atoms with E-state index in [4.69, 9.17) is 32.1 Å². The van der Waals surface area contributed by atoms with Gasteiger partial charge in [-0.05, 0) is 88.5 Å². The van der Waals surface area contributed by atoms with Crippen molar-refractivity contribution in [2.24, 2.45) is 5.84 Å². The standard InChI is InChI=1S/C27H35ClN8O/c1-2-37-24-16-19(4-5-23(24)28)18-35-14-8-20(9-15-35)22-17-33-27(36(29)21-6-12-30-13-7-21)34-25(22)26-31-10-3-11-32-26/h3-5,10-11,16-17,20-21,30H,2,6-9,12-15,18,29H2,1H3. The second kappa shape index (κ2) is 12.1. The van der Waals surface area contributed by atoms with E-state index in [1.165, 1.54) is 5.56 Å². The van der Waals surface area contributed by atoms with E-state index in [0.29, 0.717) is 29.3 Å². The van der Waals surface area contributed by atoms with E-state index in [9.17, 15) is 0 Å². The molecule has 2 aromatic heterocycles. The molecule has 3 N–H and O–H groups in total. The van der Waals surface area contributed by atoms with E-state index in [1.807, 2.05) is 25.3 Å². The second-order valence-electron chi connectivity index (χ2n) is 9.68. The molecule has 0 atom stereocenters. The summed E-state index contributed by atoms with van der Waals surface area (Å²) in [5, 5.41) is 5.76. The van der Waals surface area contributed by atoms with Crippen LogP contribution in [-0.2, 0) is 6.54 Å². The molecule has 2 fully saturated rings. The van der Waals surface area contributed by atoms with Crippen molar-refractivity contribution in [1.29, 1.82) is 0 Å². The van der Waals surface area contributed by atoms with Gasteiger partial charge in [0.05, 0.1) is 17.7 Å². The summed E-state index contributed by atoms with van der Waals surface area (Å²) >= 11 is 6.27. The zero-order chi connectivity index (χ0) is 25.6. The van der Waals surface area contributed by atoms with E-state index in [-0.39, 0.29) is 6.04 Å². The van der Waals surface area contributed by atoms with E-state index in [1.54, 1.807) is 17.4 Å². The summed E-state index contributed by atoms with van der Waals surface area (Å²) in [5.41, 5.74) is 3.09. The zero-order valence-corrected chi connectivity index (χ0v) is 22.1. The molecular formula is C27H35ClN8O. The minimum Gasteiger partial charge on any atom is -0.492 e. The number of aromatic nitrogens is 4. The molecule has 0 radical (unpaired) electrons. The third-order valence-electron chi connectivity index (χ3n) is 7.24. The maximum Gasteiger partial charge on any atom is 0.240 e. The molecule has 5 rings (SSSR count). The third kappa shape index (κ3) is 6.18. The minimum atomic E-state index is 0.219. The number of benzene rings is 1. The number of halogens is 1. The van der Waals surface area contributed by atoms with Crippen LogP contribution in [0.4, 0.5) is 5.95 Å². The lowest BCUT2D eigenvalue weighted by atomic mass is 9.88. The van der Waals surface area contributed by atoms with E-state index < -0.39 is 0 Å². The number of hydrogen-bond donors (Lipinski definition) is 2. The Morgan fingerprint density at radius 1 is 1.11 bits per heavy atom. The van der Waals surface area contributed by atoms with Crippen LogP contribution in [0.5, 0.6) is 5.75 Å². The first-order valence-electron chi connectivity index (χ1n) is 13.1. The monoisotopic (exact) mass is 522 g/mol. The number of hydrogen-bond acceptors (Lipinski definition) is 9. The number of nitrogens with zero attached hydrogens (tertiary/aromatic N) is 6. The predicted molar refractivity (Wildman–Crippen MR) is 145 cm³/mol. The van der Waals surface area contributed by atoms with Crippen molar-refractivity contribution in [2.45, 2.75) is 51.1 Å². The molecule has 2 aliphatic rings. The van der Waals surface area contributed by atoms with Crippen LogP contribution in [0.15, 0.2) is 42.9 Å². The fourth-order valence-electron chi connectivity index (χ4n) is 5.23. The molecule has 0 unspecified atom stereocenters. The van der Waals surface area contributed by atoms with Crippen LogP contribution < -0.4 is 20.9 Å². The molecule has 1 aromatic carbocycles. The highest BCUT2D eigenvalue weighted by Crippen LogP contribution is 2.34. The lowest BCUT2D eigenvalue weighted by Gasteiger charge is -2.33. The van der Waals surface area contributed by atoms with Crippen LogP contribution in [0, 0.1) is 0 Å². The van der Waals surface area contributed by atoms with Gasteiger partial charge < -0.3 is 10.1 Å². The fraction of sp³-hybridized carbons (Fsp3) is 0.481. The summed E-state index contributed by atoms with van der Waals surface area (Å²) in [7, 11) is 0. The number of anilines is 1. The maximum atomic E-state index is 6.49. The molecule has 37 heavy (non-hydrogen) atoms. The average molecular weight is 523 g/mol. The number of nitrogens with one attached hydrogen (secondary N) is 1. The Kier molecular flexibility index (Phi) is 8.45. The van der Waals surface area contributed by atoms with Crippen molar-refractivity contribution in [3.8, 4) is 17.3 Å². The Hall–Kier alpha value is -2.85. The molecule has 9 nitrogen and oxygen atoms in total. The van der Waals surface area contributed by atoms with Gasteiger partial charge in [0, 0.05) is 30.7 Å². The first-order valence-corrected chi connectivity index (χ1v) is 13.5. The van der Waals surface area contributed by atoms with Gasteiger partial charge in [-0.15, -0.1) is 0 Å². The normalized spacial score (nSPS) is 17.6. The smallest absolute Gasteiger partial charge is 0.240 e. The van der Waals surface area contributed by atoms with Crippen molar-refractivity contribution in [3.05, 3.63) is 59.0 Å². The Bertz CT molecular complexity index is 1170. The van der Waals surface area contributed by atoms with Crippen LogP contribution >= 0.6 is 11.6 Å². The summed E-state index contributed by atoms with van der Waals surface area (Å²) < 4.78 is 5.67. The van der Waals surface area contributed by atoms with Crippen LogP contribution in [0.1, 0.15) is 49.7 Å². The number of piperidine rings is 2. The molecule has 2 saturated heterocycles. The second-order valence-corrected chi connectivity index (χ2v) is 10.1. The van der Waals surface area contributed by atoms with E-state index >= 15 is 0 Å². The summed E-state index contributed by atoms with van der Waals surface area (Å²) in [6.45, 7) is 7.30. The summed E-state index contributed by atoms with van der Waals surface area (Å²) in [6.07, 6.45) is 9.42. The molecule has 0 bridgehead atoms. The van der Waals surface area contributed by atoms with Crippen molar-refractivity contribution >= 4 is 17.5 Å². The zero-order valence-electron chi connectivity index (χ0n) is 21.3. The minimum absolute atomic E-state index is 0.219. The molecule has 0 amide bonds. The lowest BCUT2D eigenvalue weighted by molar-refractivity contribution is 0.204. The quantitative estimate of drug-likeness (QED) is 0.337. The van der Waals surface area contributed by atoms with Gasteiger partial charge in [0.1, 0.15) is 11.4 Å². The molecular weight excluding hydrogens is 488 g/mol. The van der Waals surface area contributed by atoms with Crippen LogP contribution in [-0.4, -0.2) is 63.7 Å². The van der Waals surface area contributed by atoms with Gasteiger partial charge in [-0.3, -0.25) is 9.91 Å². The third-order valence-corrected chi connectivity index (χ3v) is 7.56. The molecule has 0 spiro atoms. The van der Waals surface area contributed by atoms with E-state index in [2.05, 4.69) is 32.3 Å². The predicted octanol–water partition coefficient (Wildman–Crippen LogP) is 3.80. The van der Waals surface area contributed by atoms with Gasteiger partial charge in [-0.2, -0.15) is 0 Å². The molecule has 4 heterocycles. The number of ether oxygens (including phenoxy) is 1. The molecule has 196 valence electrons. The number of hydrazine groups is 1. The van der Waals surface area contributed by atoms with Crippen LogP contribution in [0.3, 0.4) is 0 Å². The number of likely N-dealkylation sites (tertiary alicyclic amines) is 1. The summed E-state index contributed by atoms with van der Waals surface area (Å²) in [5.74, 6) is 8.72. The summed E-state index contributed by atoms with van der Waals surface area (Å²) in [4.78, 5) is 21.1. The topological polar surface area (TPSA) is 105 Å². The Morgan fingerprint density at radius 2 is 1.86 bits per heavy atom. The largest absolute Gasteiger partial charge is 0.492 e. The highest BCUT2D eigenvalue weighted by molar-refractivity contribution is 6.32. The van der Waals surface area contributed by atoms with Gasteiger partial charge in [0.15, 0.2) is 5.82 Å². The first kappa shape index (κ1) is 25.8. The highest BCUT2D eigenvalue weighted by Gasteiger charge is 2.27. The van der Waals surface area contributed by atoms with Gasteiger partial charge in [-0.1, -0.05) is 17.7 Å². The van der Waals surface area contributed by atoms with Crippen molar-refractivity contribution in [2.75, 3.05) is 37.8 Å². The van der Waals surface area contributed by atoms with Gasteiger partial charge in [0.25, 0.3) is 0 Å². The average Bonchev–Trinajstić information content (AvgIpc) is 2.96. The van der Waals surface area contributed by atoms with Gasteiger partial charge in [-0.25, -0.2) is 25.8 Å². The number of nitrogens with two attached hydrogens (primary N) is 1. The SMILES string of the molecule is CCOc1cc(CN2CCC(c3cnc(N(N)C4CCNCC4)nc3-c3ncccn3)CC2)ccc1Cl. The van der Waals surface area contributed by atoms with Crippen molar-refractivity contribution in [3.63, 3.8) is 0 Å². The fourth-order valence-corrected chi connectivity index (χ4v) is 5.40. The highest BCUT2D eigenvalue weighted by atomic mass is 35.5. The van der Waals surface area contributed by atoms with Crippen LogP contribution in [0.25, 0.3) is 11.5 Å². The molecule has 0 aliphatic carbocycles. The molecule has 10 heteroatoms. The Labute approximate surface area is 223 Å². The maximum absolute atomic E-state index is 6.49. The molecule has 0 saturated carbocycles. The first-order chi connectivity index (χ1) is 18.1. The Balaban J connectivity index is 1.31. The van der Waals surface area contributed by atoms with Crippen molar-refractivity contribution < 1.29 is 4.74 Å². The number of rotatable bonds is 8. The summed E-state index contributed by atoms with van der Waals surface area (Å²) in [6, 6.07) is 8.09. The van der Waals surface area contributed by atoms with E-state index in [0.717, 1.165) is 75.4 Å². The Morgan fingerprint density at radius 3 is 2.59 bits per heavy atom. The van der Waals surface area contributed by atoms with Gasteiger partial charge >= 0.3 is 0 Å². The van der Waals surface area contributed by atoms with Crippen molar-refractivity contribution in [1.82, 2.24) is 30.2 Å². The molecule has 3 aromatic rings. The molecule has 2 aliphatic heterocycles. The lowest BCUT2D eigenvalue weighted by Crippen LogP contribution is -2.48.